The van der Waals surface area contributed by atoms with Crippen molar-refractivity contribution in [2.75, 3.05) is 5.32 Å². The van der Waals surface area contributed by atoms with Crippen molar-refractivity contribution in [3.05, 3.63) is 29.8 Å². The van der Waals surface area contributed by atoms with Gasteiger partial charge in [-0.15, -0.1) is 0 Å². The summed E-state index contributed by atoms with van der Waals surface area (Å²) in [5.74, 6) is 0.952. The van der Waals surface area contributed by atoms with Crippen molar-refractivity contribution in [3.63, 3.8) is 0 Å². The topological polar surface area (TPSA) is 29.1 Å². The molecule has 0 aliphatic heterocycles. The van der Waals surface area contributed by atoms with Crippen LogP contribution in [0.15, 0.2) is 24.3 Å². The van der Waals surface area contributed by atoms with E-state index in [-0.39, 0.29) is 17.2 Å². The molecule has 0 heterocycles. The predicted molar refractivity (Wildman–Crippen MR) is 94.1 cm³/mol. The fourth-order valence-electron chi connectivity index (χ4n) is 3.56. The molecule has 1 unspecified atom stereocenters. The third kappa shape index (κ3) is 4.34. The van der Waals surface area contributed by atoms with Crippen LogP contribution in [-0.2, 0) is 10.2 Å². The first-order valence-corrected chi connectivity index (χ1v) is 8.83. The average Bonchev–Trinajstić information content (AvgIpc) is 2.48. The molecule has 1 atom stereocenters. The second-order valence-electron chi connectivity index (χ2n) is 7.73. The van der Waals surface area contributed by atoms with E-state index < -0.39 is 0 Å². The molecule has 1 aliphatic rings. The van der Waals surface area contributed by atoms with Gasteiger partial charge in [-0.2, -0.15) is 0 Å². The maximum absolute atomic E-state index is 12.6. The summed E-state index contributed by atoms with van der Waals surface area (Å²) in [5, 5.41) is 3.13. The Balaban J connectivity index is 2.00. The second kappa shape index (κ2) is 7.30. The van der Waals surface area contributed by atoms with E-state index in [9.17, 15) is 4.79 Å². The lowest BCUT2D eigenvalue weighted by molar-refractivity contribution is -0.122. The highest BCUT2D eigenvalue weighted by molar-refractivity contribution is 5.92. The summed E-state index contributed by atoms with van der Waals surface area (Å²) in [6, 6.07) is 8.31. The number of carbonyl (C=O) groups excluding carboxylic acids is 1. The largest absolute Gasteiger partial charge is 0.326 e. The van der Waals surface area contributed by atoms with E-state index in [0.29, 0.717) is 5.92 Å². The monoisotopic (exact) mass is 301 g/mol. The molecule has 0 bridgehead atoms. The highest BCUT2D eigenvalue weighted by Crippen LogP contribution is 2.32. The summed E-state index contributed by atoms with van der Waals surface area (Å²) in [6.07, 6.45) is 7.28. The van der Waals surface area contributed by atoms with Gasteiger partial charge in [0.15, 0.2) is 0 Å². The fraction of sp³-hybridized carbons (Fsp3) is 0.650. The van der Waals surface area contributed by atoms with Crippen LogP contribution in [0, 0.1) is 11.8 Å². The van der Waals surface area contributed by atoms with Gasteiger partial charge in [0, 0.05) is 11.6 Å². The van der Waals surface area contributed by atoms with E-state index in [0.717, 1.165) is 12.1 Å². The third-order valence-corrected chi connectivity index (χ3v) is 5.01. The zero-order chi connectivity index (χ0) is 16.2. The lowest BCUT2D eigenvalue weighted by Crippen LogP contribution is -2.30. The Labute approximate surface area is 135 Å². The summed E-state index contributed by atoms with van der Waals surface area (Å²) >= 11 is 0. The number of benzene rings is 1. The SMILES string of the molecule is CCC(C(=O)Nc1ccc(C(C)(C)C)cc1)C1CCCCC1. The van der Waals surface area contributed by atoms with Crippen LogP contribution in [-0.4, -0.2) is 5.91 Å². The molecular weight excluding hydrogens is 270 g/mol. The summed E-state index contributed by atoms with van der Waals surface area (Å²) in [5.41, 5.74) is 2.37. The van der Waals surface area contributed by atoms with Crippen LogP contribution in [0.25, 0.3) is 0 Å². The zero-order valence-corrected chi connectivity index (χ0v) is 14.6. The molecule has 1 aromatic rings. The van der Waals surface area contributed by atoms with Crippen LogP contribution in [0.2, 0.25) is 0 Å². The Morgan fingerprint density at radius 1 is 1.14 bits per heavy atom. The van der Waals surface area contributed by atoms with Gasteiger partial charge in [-0.1, -0.05) is 59.1 Å². The molecule has 1 aliphatic carbocycles. The Hall–Kier alpha value is -1.31. The average molecular weight is 301 g/mol. The molecule has 2 heteroatoms. The van der Waals surface area contributed by atoms with Gasteiger partial charge in [0.05, 0.1) is 0 Å². The van der Waals surface area contributed by atoms with Crippen LogP contribution >= 0.6 is 0 Å². The van der Waals surface area contributed by atoms with Crippen LogP contribution in [0.3, 0.4) is 0 Å². The molecule has 1 amide bonds. The van der Waals surface area contributed by atoms with E-state index in [1.807, 2.05) is 12.1 Å². The summed E-state index contributed by atoms with van der Waals surface area (Å²) in [6.45, 7) is 8.76. The van der Waals surface area contributed by atoms with E-state index in [1.165, 1.54) is 37.7 Å². The van der Waals surface area contributed by atoms with Crippen molar-refractivity contribution in [1.29, 1.82) is 0 Å². The van der Waals surface area contributed by atoms with Crippen molar-refractivity contribution >= 4 is 11.6 Å². The number of carbonyl (C=O) groups is 1. The number of rotatable bonds is 4. The second-order valence-corrected chi connectivity index (χ2v) is 7.73. The van der Waals surface area contributed by atoms with Gasteiger partial charge in [-0.05, 0) is 48.3 Å². The van der Waals surface area contributed by atoms with Crippen molar-refractivity contribution in [3.8, 4) is 0 Å². The van der Waals surface area contributed by atoms with Crippen molar-refractivity contribution in [2.45, 2.75) is 71.6 Å². The lowest BCUT2D eigenvalue weighted by atomic mass is 9.78. The molecule has 0 radical (unpaired) electrons. The Bertz CT molecular complexity index is 477. The predicted octanol–water partition coefficient (Wildman–Crippen LogP) is 5.53. The highest BCUT2D eigenvalue weighted by Gasteiger charge is 2.28. The molecule has 2 rings (SSSR count). The van der Waals surface area contributed by atoms with E-state index in [4.69, 9.17) is 0 Å². The van der Waals surface area contributed by atoms with Crippen LogP contribution < -0.4 is 5.32 Å². The molecule has 0 aromatic heterocycles. The molecular formula is C20H31NO. The van der Waals surface area contributed by atoms with Crippen LogP contribution in [0.1, 0.15) is 71.8 Å². The Kier molecular flexibility index (Phi) is 5.66. The molecule has 1 aromatic carbocycles. The highest BCUT2D eigenvalue weighted by atomic mass is 16.1. The smallest absolute Gasteiger partial charge is 0.227 e. The van der Waals surface area contributed by atoms with E-state index >= 15 is 0 Å². The first-order valence-electron chi connectivity index (χ1n) is 8.83. The molecule has 0 saturated heterocycles. The minimum absolute atomic E-state index is 0.149. The summed E-state index contributed by atoms with van der Waals surface area (Å²) < 4.78 is 0. The number of nitrogens with one attached hydrogen (secondary N) is 1. The summed E-state index contributed by atoms with van der Waals surface area (Å²) in [7, 11) is 0. The van der Waals surface area contributed by atoms with Gasteiger partial charge in [0.1, 0.15) is 0 Å². The van der Waals surface area contributed by atoms with Gasteiger partial charge in [0.2, 0.25) is 5.91 Å². The first-order chi connectivity index (χ1) is 10.4. The van der Waals surface area contributed by atoms with Gasteiger partial charge in [-0.25, -0.2) is 0 Å². The maximum atomic E-state index is 12.6. The van der Waals surface area contributed by atoms with E-state index in [1.54, 1.807) is 0 Å². The molecule has 1 fully saturated rings. The Morgan fingerprint density at radius 2 is 1.73 bits per heavy atom. The lowest BCUT2D eigenvalue weighted by Gasteiger charge is -2.28. The number of anilines is 1. The van der Waals surface area contributed by atoms with Crippen LogP contribution in [0.5, 0.6) is 0 Å². The van der Waals surface area contributed by atoms with E-state index in [2.05, 4.69) is 45.1 Å². The molecule has 1 saturated carbocycles. The standard InChI is InChI=1S/C20H31NO/c1-5-18(15-9-7-6-8-10-15)19(22)21-17-13-11-16(12-14-17)20(2,3)4/h11-15,18H,5-10H2,1-4H3,(H,21,22). The first kappa shape index (κ1) is 17.1. The quantitative estimate of drug-likeness (QED) is 0.778. The molecule has 122 valence electrons. The molecule has 22 heavy (non-hydrogen) atoms. The third-order valence-electron chi connectivity index (χ3n) is 5.01. The minimum Gasteiger partial charge on any atom is -0.326 e. The molecule has 1 N–H and O–H groups in total. The van der Waals surface area contributed by atoms with Crippen molar-refractivity contribution < 1.29 is 4.79 Å². The Morgan fingerprint density at radius 3 is 2.23 bits per heavy atom. The number of hydrogen-bond acceptors (Lipinski definition) is 1. The number of hydrogen-bond donors (Lipinski definition) is 1. The normalized spacial score (nSPS) is 18.0. The number of amides is 1. The van der Waals surface area contributed by atoms with Gasteiger partial charge in [0.25, 0.3) is 0 Å². The van der Waals surface area contributed by atoms with Gasteiger partial charge >= 0.3 is 0 Å². The zero-order valence-electron chi connectivity index (χ0n) is 14.6. The van der Waals surface area contributed by atoms with Gasteiger partial charge in [-0.3, -0.25) is 4.79 Å². The molecule has 2 nitrogen and oxygen atoms in total. The molecule has 0 spiro atoms. The van der Waals surface area contributed by atoms with Crippen LogP contribution in [0.4, 0.5) is 5.69 Å². The minimum atomic E-state index is 0.149. The maximum Gasteiger partial charge on any atom is 0.227 e. The van der Waals surface area contributed by atoms with Gasteiger partial charge < -0.3 is 5.32 Å². The van der Waals surface area contributed by atoms with Crippen molar-refractivity contribution in [2.24, 2.45) is 11.8 Å². The van der Waals surface area contributed by atoms with Crippen molar-refractivity contribution in [1.82, 2.24) is 0 Å². The fourth-order valence-corrected chi connectivity index (χ4v) is 3.56. The summed E-state index contributed by atoms with van der Waals surface area (Å²) in [4.78, 5) is 12.6.